The summed E-state index contributed by atoms with van der Waals surface area (Å²) in [4.78, 5) is 12.1. The number of carbonyl (C=O) groups excluding carboxylic acids is 1. The van der Waals surface area contributed by atoms with E-state index in [0.717, 1.165) is 29.8 Å². The summed E-state index contributed by atoms with van der Waals surface area (Å²) in [6, 6.07) is 7.29. The third-order valence-corrected chi connectivity index (χ3v) is 4.61. The fraction of sp³-hybridized carbons (Fsp3) is 0.462. The number of thioether (sulfide) groups is 1. The molecule has 92 valence electrons. The van der Waals surface area contributed by atoms with Gasteiger partial charge in [0.1, 0.15) is 0 Å². The molecule has 0 bridgehead atoms. The van der Waals surface area contributed by atoms with Gasteiger partial charge in [0.2, 0.25) is 5.91 Å². The number of hydrogen-bond acceptors (Lipinski definition) is 3. The molecule has 1 aromatic rings. The summed E-state index contributed by atoms with van der Waals surface area (Å²) in [6.45, 7) is 2.03. The van der Waals surface area contributed by atoms with E-state index in [4.69, 9.17) is 5.11 Å². The van der Waals surface area contributed by atoms with Crippen molar-refractivity contribution in [1.82, 2.24) is 0 Å². The summed E-state index contributed by atoms with van der Waals surface area (Å²) >= 11 is 1.73. The maximum Gasteiger partial charge on any atom is 0.240 e. The molecule has 1 aliphatic rings. The zero-order valence-corrected chi connectivity index (χ0v) is 10.7. The summed E-state index contributed by atoms with van der Waals surface area (Å²) in [5.74, 6) is 1.14. The molecule has 1 saturated heterocycles. The molecule has 0 spiro atoms. The highest BCUT2D eigenvalue weighted by atomic mass is 32.2. The van der Waals surface area contributed by atoms with E-state index >= 15 is 0 Å². The Balaban J connectivity index is 2.02. The lowest BCUT2D eigenvalue weighted by molar-refractivity contribution is -0.118. The fourth-order valence-corrected chi connectivity index (χ4v) is 3.12. The Morgan fingerprint density at radius 2 is 2.18 bits per heavy atom. The Morgan fingerprint density at radius 1 is 1.47 bits per heavy atom. The maximum absolute atomic E-state index is 12.1. The van der Waals surface area contributed by atoms with Crippen LogP contribution >= 0.6 is 11.8 Å². The Morgan fingerprint density at radius 3 is 2.71 bits per heavy atom. The zero-order chi connectivity index (χ0) is 12.3. The molecule has 4 heteroatoms. The van der Waals surface area contributed by atoms with Gasteiger partial charge in [0.25, 0.3) is 0 Å². The van der Waals surface area contributed by atoms with Gasteiger partial charge < -0.3 is 10.4 Å². The highest BCUT2D eigenvalue weighted by Gasteiger charge is 2.37. The highest BCUT2D eigenvalue weighted by Crippen LogP contribution is 2.38. The number of anilines is 1. The van der Waals surface area contributed by atoms with Gasteiger partial charge in [-0.1, -0.05) is 12.1 Å². The van der Waals surface area contributed by atoms with Crippen LogP contribution in [-0.4, -0.2) is 21.5 Å². The summed E-state index contributed by atoms with van der Waals surface area (Å²) in [5, 5.41) is 11.9. The lowest BCUT2D eigenvalue weighted by Gasteiger charge is -2.21. The van der Waals surface area contributed by atoms with E-state index in [1.165, 1.54) is 0 Å². The minimum Gasteiger partial charge on any atom is -0.392 e. The van der Waals surface area contributed by atoms with Crippen molar-refractivity contribution in [2.45, 2.75) is 31.1 Å². The predicted molar refractivity (Wildman–Crippen MR) is 71.1 cm³/mol. The molecule has 3 nitrogen and oxygen atoms in total. The van der Waals surface area contributed by atoms with Crippen LogP contribution < -0.4 is 5.32 Å². The van der Waals surface area contributed by atoms with Crippen LogP contribution in [0.25, 0.3) is 0 Å². The van der Waals surface area contributed by atoms with Crippen LogP contribution in [0.2, 0.25) is 0 Å². The molecule has 0 saturated carbocycles. The molecule has 0 aromatic heterocycles. The zero-order valence-electron chi connectivity index (χ0n) is 9.90. The van der Waals surface area contributed by atoms with Gasteiger partial charge in [0, 0.05) is 5.69 Å². The van der Waals surface area contributed by atoms with Gasteiger partial charge in [-0.25, -0.2) is 0 Å². The number of nitrogens with one attached hydrogen (secondary N) is 1. The second-order valence-electron chi connectivity index (χ2n) is 4.49. The molecule has 2 rings (SSSR count). The van der Waals surface area contributed by atoms with Gasteiger partial charge in [-0.3, -0.25) is 4.79 Å². The van der Waals surface area contributed by atoms with E-state index < -0.39 is 0 Å². The third kappa shape index (κ3) is 2.82. The van der Waals surface area contributed by atoms with Gasteiger partial charge >= 0.3 is 0 Å². The van der Waals surface area contributed by atoms with Crippen molar-refractivity contribution in [2.24, 2.45) is 0 Å². The lowest BCUT2D eigenvalue weighted by Crippen LogP contribution is -2.34. The van der Waals surface area contributed by atoms with Gasteiger partial charge in [0.05, 0.1) is 11.4 Å². The molecule has 1 amide bonds. The minimum absolute atomic E-state index is 0.0296. The second kappa shape index (κ2) is 5.10. The van der Waals surface area contributed by atoms with E-state index in [-0.39, 0.29) is 17.3 Å². The lowest BCUT2D eigenvalue weighted by atomic mass is 10.0. The van der Waals surface area contributed by atoms with Crippen molar-refractivity contribution in [3.63, 3.8) is 0 Å². The monoisotopic (exact) mass is 251 g/mol. The van der Waals surface area contributed by atoms with Crippen molar-refractivity contribution in [3.8, 4) is 0 Å². The van der Waals surface area contributed by atoms with E-state index in [1.54, 1.807) is 11.8 Å². The Kier molecular flexibility index (Phi) is 3.74. The molecule has 0 radical (unpaired) electrons. The molecule has 1 unspecified atom stereocenters. The van der Waals surface area contributed by atoms with Crippen LogP contribution in [0.5, 0.6) is 0 Å². The Labute approximate surface area is 106 Å². The Hall–Kier alpha value is -1.00. The minimum atomic E-state index is -0.282. The van der Waals surface area contributed by atoms with Gasteiger partial charge in [-0.15, -0.1) is 11.8 Å². The van der Waals surface area contributed by atoms with E-state index in [0.29, 0.717) is 0 Å². The average molecular weight is 251 g/mol. The number of rotatable bonds is 3. The first-order chi connectivity index (χ1) is 8.14. The summed E-state index contributed by atoms with van der Waals surface area (Å²) in [6.07, 6.45) is 2.05. The predicted octanol–water partition coefficient (Wildman–Crippen LogP) is 2.40. The van der Waals surface area contributed by atoms with Gasteiger partial charge in [-0.2, -0.15) is 0 Å². The van der Waals surface area contributed by atoms with E-state index in [9.17, 15) is 4.79 Å². The summed E-state index contributed by atoms with van der Waals surface area (Å²) < 4.78 is -0.282. The standard InChI is InChI=1S/C13H17NO2S/c1-13(7-2-8-17-13)12(16)14-11-5-3-10(9-15)4-6-11/h3-6,15H,2,7-9H2,1H3,(H,14,16). The molecular formula is C13H17NO2S. The SMILES string of the molecule is CC1(C(=O)Nc2ccc(CO)cc2)CCCS1. The average Bonchev–Trinajstić information content (AvgIpc) is 2.78. The summed E-state index contributed by atoms with van der Waals surface area (Å²) in [7, 11) is 0. The molecule has 1 aromatic carbocycles. The number of amides is 1. The normalized spacial score (nSPS) is 23.6. The number of benzene rings is 1. The molecule has 1 atom stereocenters. The molecule has 1 aliphatic heterocycles. The topological polar surface area (TPSA) is 49.3 Å². The molecule has 1 heterocycles. The first kappa shape index (κ1) is 12.5. The molecule has 2 N–H and O–H groups in total. The molecule has 0 aliphatic carbocycles. The fourth-order valence-electron chi connectivity index (χ4n) is 1.91. The number of aliphatic hydroxyl groups is 1. The smallest absolute Gasteiger partial charge is 0.240 e. The van der Waals surface area contributed by atoms with Crippen LogP contribution in [0.1, 0.15) is 25.3 Å². The number of aliphatic hydroxyl groups excluding tert-OH is 1. The quantitative estimate of drug-likeness (QED) is 0.867. The van der Waals surface area contributed by atoms with E-state index in [2.05, 4.69) is 5.32 Å². The first-order valence-corrected chi connectivity index (χ1v) is 6.78. The van der Waals surface area contributed by atoms with Crippen LogP contribution in [0, 0.1) is 0 Å². The van der Waals surface area contributed by atoms with Crippen LogP contribution in [0.15, 0.2) is 24.3 Å². The number of hydrogen-bond donors (Lipinski definition) is 2. The van der Waals surface area contributed by atoms with Crippen molar-refractivity contribution in [2.75, 3.05) is 11.1 Å². The third-order valence-electron chi connectivity index (χ3n) is 3.09. The van der Waals surface area contributed by atoms with Gasteiger partial charge in [0.15, 0.2) is 0 Å². The maximum atomic E-state index is 12.1. The van der Waals surface area contributed by atoms with Crippen LogP contribution in [0.4, 0.5) is 5.69 Å². The van der Waals surface area contributed by atoms with Crippen molar-refractivity contribution < 1.29 is 9.90 Å². The van der Waals surface area contributed by atoms with Crippen molar-refractivity contribution in [3.05, 3.63) is 29.8 Å². The molecule has 1 fully saturated rings. The summed E-state index contributed by atoms with van der Waals surface area (Å²) in [5.41, 5.74) is 1.64. The largest absolute Gasteiger partial charge is 0.392 e. The Bertz CT molecular complexity index is 396. The second-order valence-corrected chi connectivity index (χ2v) is 6.09. The van der Waals surface area contributed by atoms with Crippen molar-refractivity contribution >= 4 is 23.4 Å². The van der Waals surface area contributed by atoms with E-state index in [1.807, 2.05) is 31.2 Å². The van der Waals surface area contributed by atoms with Crippen molar-refractivity contribution in [1.29, 1.82) is 0 Å². The highest BCUT2D eigenvalue weighted by molar-refractivity contribution is 8.01. The van der Waals surface area contributed by atoms with Crippen LogP contribution in [0.3, 0.4) is 0 Å². The van der Waals surface area contributed by atoms with Crippen LogP contribution in [-0.2, 0) is 11.4 Å². The molecule has 17 heavy (non-hydrogen) atoms. The van der Waals surface area contributed by atoms with Gasteiger partial charge in [-0.05, 0) is 43.2 Å². The molecular weight excluding hydrogens is 234 g/mol. The number of carbonyl (C=O) groups is 1. The first-order valence-electron chi connectivity index (χ1n) is 5.79.